The summed E-state index contributed by atoms with van der Waals surface area (Å²) in [4.78, 5) is 2.13. The molecule has 0 aliphatic heterocycles. The Morgan fingerprint density at radius 2 is 2.20 bits per heavy atom. The molecule has 10 heavy (non-hydrogen) atoms. The average Bonchev–Trinajstić information content (AvgIpc) is 1.88. The second kappa shape index (κ2) is 5.45. The van der Waals surface area contributed by atoms with Gasteiger partial charge in [-0.05, 0) is 21.0 Å². The maximum Gasteiger partial charge on any atom is 0.0645 e. The van der Waals surface area contributed by atoms with E-state index in [1.54, 1.807) is 6.08 Å². The highest BCUT2D eigenvalue weighted by atomic mass is 16.5. The highest BCUT2D eigenvalue weighted by Crippen LogP contribution is 1.91. The van der Waals surface area contributed by atoms with Crippen molar-refractivity contribution in [3.63, 3.8) is 0 Å². The first-order chi connectivity index (χ1) is 4.68. The maximum atomic E-state index is 5.25. The molecule has 0 aliphatic rings. The van der Waals surface area contributed by atoms with Crippen LogP contribution in [0.1, 0.15) is 6.92 Å². The van der Waals surface area contributed by atoms with Crippen molar-refractivity contribution >= 4 is 0 Å². The quantitative estimate of drug-likeness (QED) is 0.422. The molecule has 0 rings (SSSR count). The SMILES string of the molecule is C=CCOCC(C)N(C)C. The van der Waals surface area contributed by atoms with Crippen LogP contribution in [0.15, 0.2) is 12.7 Å². The zero-order valence-corrected chi connectivity index (χ0v) is 7.13. The zero-order chi connectivity index (χ0) is 7.98. The molecule has 0 spiro atoms. The molecule has 0 saturated heterocycles. The third-order valence-corrected chi connectivity index (χ3v) is 1.48. The van der Waals surface area contributed by atoms with Gasteiger partial charge in [0, 0.05) is 6.04 Å². The van der Waals surface area contributed by atoms with Crippen LogP contribution in [0.4, 0.5) is 0 Å². The van der Waals surface area contributed by atoms with E-state index in [0.717, 1.165) is 6.61 Å². The lowest BCUT2D eigenvalue weighted by atomic mass is 10.3. The normalized spacial score (nSPS) is 13.6. The standard InChI is InChI=1S/C8H17NO/c1-5-6-10-7-8(2)9(3)4/h5,8H,1,6-7H2,2-4H3. The van der Waals surface area contributed by atoms with Gasteiger partial charge in [-0.1, -0.05) is 6.08 Å². The Hall–Kier alpha value is -0.340. The van der Waals surface area contributed by atoms with E-state index in [2.05, 4.69) is 18.4 Å². The van der Waals surface area contributed by atoms with Crippen molar-refractivity contribution in [1.29, 1.82) is 0 Å². The minimum atomic E-state index is 0.486. The summed E-state index contributed by atoms with van der Waals surface area (Å²) in [5.74, 6) is 0. The fourth-order valence-electron chi connectivity index (χ4n) is 0.471. The van der Waals surface area contributed by atoms with Gasteiger partial charge >= 0.3 is 0 Å². The van der Waals surface area contributed by atoms with E-state index in [4.69, 9.17) is 4.74 Å². The summed E-state index contributed by atoms with van der Waals surface area (Å²) >= 11 is 0. The van der Waals surface area contributed by atoms with Gasteiger partial charge in [0.2, 0.25) is 0 Å². The second-order valence-electron chi connectivity index (χ2n) is 2.64. The van der Waals surface area contributed by atoms with Gasteiger partial charge in [0.05, 0.1) is 13.2 Å². The summed E-state index contributed by atoms with van der Waals surface area (Å²) < 4.78 is 5.25. The van der Waals surface area contributed by atoms with Crippen LogP contribution in [-0.4, -0.2) is 38.3 Å². The topological polar surface area (TPSA) is 12.5 Å². The lowest BCUT2D eigenvalue weighted by molar-refractivity contribution is 0.105. The summed E-state index contributed by atoms with van der Waals surface area (Å²) in [7, 11) is 4.09. The lowest BCUT2D eigenvalue weighted by Crippen LogP contribution is -2.29. The number of rotatable bonds is 5. The number of ether oxygens (including phenoxy) is 1. The molecule has 0 aliphatic carbocycles. The summed E-state index contributed by atoms with van der Waals surface area (Å²) in [6.07, 6.45) is 1.77. The van der Waals surface area contributed by atoms with Gasteiger partial charge in [0.1, 0.15) is 0 Å². The summed E-state index contributed by atoms with van der Waals surface area (Å²) in [5.41, 5.74) is 0. The van der Waals surface area contributed by atoms with Crippen molar-refractivity contribution in [3.05, 3.63) is 12.7 Å². The van der Waals surface area contributed by atoms with E-state index in [-0.39, 0.29) is 0 Å². The Morgan fingerprint density at radius 3 is 2.60 bits per heavy atom. The molecular weight excluding hydrogens is 126 g/mol. The van der Waals surface area contributed by atoms with Crippen LogP contribution in [-0.2, 0) is 4.74 Å². The van der Waals surface area contributed by atoms with E-state index < -0.39 is 0 Å². The third kappa shape index (κ3) is 4.53. The van der Waals surface area contributed by atoms with Gasteiger partial charge in [-0.25, -0.2) is 0 Å². The van der Waals surface area contributed by atoms with E-state index in [1.807, 2.05) is 14.1 Å². The van der Waals surface area contributed by atoms with Crippen molar-refractivity contribution in [2.75, 3.05) is 27.3 Å². The van der Waals surface area contributed by atoms with Gasteiger partial charge in [-0.15, -0.1) is 6.58 Å². The maximum absolute atomic E-state index is 5.25. The Bertz CT molecular complexity index is 91.3. The van der Waals surface area contributed by atoms with Crippen LogP contribution in [0.25, 0.3) is 0 Å². The number of hydrogen-bond donors (Lipinski definition) is 0. The van der Waals surface area contributed by atoms with Crippen molar-refractivity contribution in [1.82, 2.24) is 4.90 Å². The van der Waals surface area contributed by atoms with Crippen LogP contribution < -0.4 is 0 Å². The van der Waals surface area contributed by atoms with Crippen LogP contribution >= 0.6 is 0 Å². The molecule has 0 amide bonds. The van der Waals surface area contributed by atoms with Gasteiger partial charge in [-0.3, -0.25) is 0 Å². The molecule has 0 bridgehead atoms. The van der Waals surface area contributed by atoms with Crippen molar-refractivity contribution in [3.8, 4) is 0 Å². The Balaban J connectivity index is 3.21. The molecule has 2 heteroatoms. The molecule has 0 radical (unpaired) electrons. The molecule has 0 aromatic heterocycles. The highest BCUT2D eigenvalue weighted by molar-refractivity contribution is 4.65. The molecule has 0 saturated carbocycles. The minimum Gasteiger partial charge on any atom is -0.376 e. The zero-order valence-electron chi connectivity index (χ0n) is 7.13. The van der Waals surface area contributed by atoms with E-state index in [0.29, 0.717) is 12.6 Å². The predicted octanol–water partition coefficient (Wildman–Crippen LogP) is 1.14. The Labute approximate surface area is 63.5 Å². The largest absolute Gasteiger partial charge is 0.376 e. The van der Waals surface area contributed by atoms with Crippen LogP contribution in [0.3, 0.4) is 0 Å². The Morgan fingerprint density at radius 1 is 1.60 bits per heavy atom. The smallest absolute Gasteiger partial charge is 0.0645 e. The molecule has 1 atom stereocenters. The summed E-state index contributed by atoms with van der Waals surface area (Å²) in [6, 6.07) is 0.486. The molecule has 60 valence electrons. The summed E-state index contributed by atoms with van der Waals surface area (Å²) in [6.45, 7) is 7.12. The van der Waals surface area contributed by atoms with Gasteiger partial charge in [-0.2, -0.15) is 0 Å². The fraction of sp³-hybridized carbons (Fsp3) is 0.750. The number of hydrogen-bond acceptors (Lipinski definition) is 2. The predicted molar refractivity (Wildman–Crippen MR) is 44.2 cm³/mol. The van der Waals surface area contributed by atoms with Gasteiger partial charge < -0.3 is 9.64 Å². The number of nitrogens with zero attached hydrogens (tertiary/aromatic N) is 1. The third-order valence-electron chi connectivity index (χ3n) is 1.48. The summed E-state index contributed by atoms with van der Waals surface area (Å²) in [5, 5.41) is 0. The van der Waals surface area contributed by atoms with Crippen LogP contribution in [0.2, 0.25) is 0 Å². The molecule has 0 fully saturated rings. The van der Waals surface area contributed by atoms with E-state index >= 15 is 0 Å². The first kappa shape index (κ1) is 9.66. The first-order valence-electron chi connectivity index (χ1n) is 3.53. The van der Waals surface area contributed by atoms with Crippen molar-refractivity contribution in [2.24, 2.45) is 0 Å². The molecular formula is C8H17NO. The van der Waals surface area contributed by atoms with Gasteiger partial charge in [0.25, 0.3) is 0 Å². The van der Waals surface area contributed by atoms with E-state index in [9.17, 15) is 0 Å². The molecule has 0 aromatic carbocycles. The Kier molecular flexibility index (Phi) is 5.26. The van der Waals surface area contributed by atoms with Crippen molar-refractivity contribution < 1.29 is 4.74 Å². The first-order valence-corrected chi connectivity index (χ1v) is 3.53. The average molecular weight is 143 g/mol. The minimum absolute atomic E-state index is 0.486. The second-order valence-corrected chi connectivity index (χ2v) is 2.64. The molecule has 2 nitrogen and oxygen atoms in total. The molecule has 0 N–H and O–H groups in total. The van der Waals surface area contributed by atoms with Gasteiger partial charge in [0.15, 0.2) is 0 Å². The lowest BCUT2D eigenvalue weighted by Gasteiger charge is -2.18. The fourth-order valence-corrected chi connectivity index (χ4v) is 0.471. The highest BCUT2D eigenvalue weighted by Gasteiger charge is 2.01. The van der Waals surface area contributed by atoms with Crippen LogP contribution in [0, 0.1) is 0 Å². The molecule has 1 unspecified atom stereocenters. The van der Waals surface area contributed by atoms with E-state index in [1.165, 1.54) is 0 Å². The molecule has 0 aromatic rings. The van der Waals surface area contributed by atoms with Crippen molar-refractivity contribution in [2.45, 2.75) is 13.0 Å². The number of likely N-dealkylation sites (N-methyl/N-ethyl adjacent to an activating group) is 1. The van der Waals surface area contributed by atoms with Crippen LogP contribution in [0.5, 0.6) is 0 Å². The molecule has 0 heterocycles. The monoisotopic (exact) mass is 143 g/mol.